The number of hydrogen-bond acceptors (Lipinski definition) is 6. The van der Waals surface area contributed by atoms with Gasteiger partial charge in [0.05, 0.1) is 20.8 Å². The molecule has 6 heteroatoms. The second kappa shape index (κ2) is 10.2. The first-order chi connectivity index (χ1) is 12.7. The van der Waals surface area contributed by atoms with Crippen LogP contribution in [0.3, 0.4) is 0 Å². The maximum Gasteiger partial charge on any atom is 0.345 e. The van der Waals surface area contributed by atoms with Gasteiger partial charge in [-0.2, -0.15) is 0 Å². The third-order valence-corrected chi connectivity index (χ3v) is 3.51. The molecule has 0 spiro atoms. The zero-order chi connectivity index (χ0) is 18.8. The Kier molecular flexibility index (Phi) is 7.61. The maximum atomic E-state index is 12.3. The maximum absolute atomic E-state index is 12.3. The lowest BCUT2D eigenvalue weighted by Crippen LogP contribution is -2.14. The smallest absolute Gasteiger partial charge is 0.345 e. The second-order valence-electron chi connectivity index (χ2n) is 5.34. The molecular weight excluding hydrogens is 336 g/mol. The van der Waals surface area contributed by atoms with Crippen LogP contribution in [-0.2, 0) is 4.74 Å². The highest BCUT2D eigenvalue weighted by Gasteiger charge is 2.19. The standard InChI is InChI=1S/C20H24O6/c1-4-12-24-15-8-10-16(11-9-15)25-13-14-26-20(21)19-17(22-2)6-5-7-18(19)23-3/h5-11H,4,12-14H2,1-3H3. The van der Waals surface area contributed by atoms with E-state index in [9.17, 15) is 4.79 Å². The highest BCUT2D eigenvalue weighted by molar-refractivity contribution is 5.95. The Balaban J connectivity index is 1.84. The molecule has 0 amide bonds. The summed E-state index contributed by atoms with van der Waals surface area (Å²) in [6.07, 6.45) is 0.959. The van der Waals surface area contributed by atoms with Crippen molar-refractivity contribution >= 4 is 5.97 Å². The lowest BCUT2D eigenvalue weighted by atomic mass is 10.2. The van der Waals surface area contributed by atoms with Crippen molar-refractivity contribution in [2.75, 3.05) is 34.0 Å². The van der Waals surface area contributed by atoms with Gasteiger partial charge in [-0.25, -0.2) is 4.79 Å². The first-order valence-corrected chi connectivity index (χ1v) is 8.43. The average Bonchev–Trinajstić information content (AvgIpc) is 2.69. The topological polar surface area (TPSA) is 63.2 Å². The molecule has 0 bridgehead atoms. The second-order valence-corrected chi connectivity index (χ2v) is 5.34. The molecule has 0 atom stereocenters. The molecule has 2 aromatic rings. The van der Waals surface area contributed by atoms with Crippen LogP contribution < -0.4 is 18.9 Å². The van der Waals surface area contributed by atoms with Gasteiger partial charge in [-0.15, -0.1) is 0 Å². The van der Waals surface area contributed by atoms with Crippen molar-refractivity contribution in [1.82, 2.24) is 0 Å². The van der Waals surface area contributed by atoms with Crippen LogP contribution in [0.25, 0.3) is 0 Å². The number of hydrogen-bond donors (Lipinski definition) is 0. The fourth-order valence-corrected chi connectivity index (χ4v) is 2.27. The van der Waals surface area contributed by atoms with E-state index < -0.39 is 5.97 Å². The van der Waals surface area contributed by atoms with E-state index in [2.05, 4.69) is 6.92 Å². The van der Waals surface area contributed by atoms with Crippen molar-refractivity contribution in [1.29, 1.82) is 0 Å². The Hall–Kier alpha value is -2.89. The molecule has 140 valence electrons. The molecule has 0 heterocycles. The number of carbonyl (C=O) groups excluding carboxylic acids is 1. The summed E-state index contributed by atoms with van der Waals surface area (Å²) in [5, 5.41) is 0. The largest absolute Gasteiger partial charge is 0.496 e. The van der Waals surface area contributed by atoms with Crippen LogP contribution in [0.15, 0.2) is 42.5 Å². The minimum Gasteiger partial charge on any atom is -0.496 e. The summed E-state index contributed by atoms with van der Waals surface area (Å²) in [6.45, 7) is 3.08. The van der Waals surface area contributed by atoms with Gasteiger partial charge in [0.15, 0.2) is 0 Å². The predicted octanol–water partition coefficient (Wildman–Crippen LogP) is 3.73. The zero-order valence-electron chi connectivity index (χ0n) is 15.3. The molecule has 0 aliphatic carbocycles. The van der Waals surface area contributed by atoms with Gasteiger partial charge < -0.3 is 23.7 Å². The molecule has 0 N–H and O–H groups in total. The highest BCUT2D eigenvalue weighted by Crippen LogP contribution is 2.28. The van der Waals surface area contributed by atoms with E-state index in [-0.39, 0.29) is 18.8 Å². The predicted molar refractivity (Wildman–Crippen MR) is 97.6 cm³/mol. The minimum absolute atomic E-state index is 0.105. The molecule has 0 saturated carbocycles. The summed E-state index contributed by atoms with van der Waals surface area (Å²) < 4.78 is 26.7. The molecule has 0 aliphatic heterocycles. The van der Waals surface area contributed by atoms with E-state index in [1.165, 1.54) is 14.2 Å². The van der Waals surface area contributed by atoms with Crippen LogP contribution in [0.1, 0.15) is 23.7 Å². The highest BCUT2D eigenvalue weighted by atomic mass is 16.6. The monoisotopic (exact) mass is 360 g/mol. The SMILES string of the molecule is CCCOc1ccc(OCCOC(=O)c2c(OC)cccc2OC)cc1. The lowest BCUT2D eigenvalue weighted by molar-refractivity contribution is 0.0443. The first kappa shape index (κ1) is 19.4. The van der Waals surface area contributed by atoms with E-state index >= 15 is 0 Å². The zero-order valence-corrected chi connectivity index (χ0v) is 15.3. The van der Waals surface area contributed by atoms with Gasteiger partial charge in [-0.05, 0) is 42.8 Å². The van der Waals surface area contributed by atoms with Gasteiger partial charge in [0, 0.05) is 0 Å². The van der Waals surface area contributed by atoms with Gasteiger partial charge in [-0.3, -0.25) is 0 Å². The summed E-state index contributed by atoms with van der Waals surface area (Å²) in [4.78, 5) is 12.3. The van der Waals surface area contributed by atoms with E-state index in [1.54, 1.807) is 18.2 Å². The van der Waals surface area contributed by atoms with Crippen LogP contribution in [-0.4, -0.2) is 40.0 Å². The number of esters is 1. The van der Waals surface area contributed by atoms with E-state index in [0.29, 0.717) is 23.9 Å². The molecule has 0 aliphatic rings. The van der Waals surface area contributed by atoms with Crippen molar-refractivity contribution in [3.8, 4) is 23.0 Å². The summed E-state index contributed by atoms with van der Waals surface area (Å²) >= 11 is 0. The third kappa shape index (κ3) is 5.31. The van der Waals surface area contributed by atoms with Crippen molar-refractivity contribution in [2.45, 2.75) is 13.3 Å². The van der Waals surface area contributed by atoms with Crippen molar-refractivity contribution in [3.05, 3.63) is 48.0 Å². The third-order valence-electron chi connectivity index (χ3n) is 3.51. The van der Waals surface area contributed by atoms with Gasteiger partial charge >= 0.3 is 5.97 Å². The van der Waals surface area contributed by atoms with Crippen LogP contribution >= 0.6 is 0 Å². The first-order valence-electron chi connectivity index (χ1n) is 8.43. The number of benzene rings is 2. The molecule has 2 rings (SSSR count). The summed E-state index contributed by atoms with van der Waals surface area (Å²) in [5.41, 5.74) is 0.259. The van der Waals surface area contributed by atoms with Gasteiger partial charge in [0.25, 0.3) is 0 Å². The summed E-state index contributed by atoms with van der Waals surface area (Å²) in [7, 11) is 2.98. The van der Waals surface area contributed by atoms with Crippen LogP contribution in [0.5, 0.6) is 23.0 Å². The van der Waals surface area contributed by atoms with Gasteiger partial charge in [0.2, 0.25) is 0 Å². The summed E-state index contributed by atoms with van der Waals surface area (Å²) in [6, 6.07) is 12.4. The molecule has 2 aromatic carbocycles. The summed E-state index contributed by atoms with van der Waals surface area (Å²) in [5.74, 6) is 1.76. The van der Waals surface area contributed by atoms with Crippen LogP contribution in [0.4, 0.5) is 0 Å². The van der Waals surface area contributed by atoms with Crippen LogP contribution in [0, 0.1) is 0 Å². The fraction of sp³-hybridized carbons (Fsp3) is 0.350. The molecule has 0 fully saturated rings. The van der Waals surface area contributed by atoms with Gasteiger partial charge in [-0.1, -0.05) is 13.0 Å². The molecule has 0 saturated heterocycles. The van der Waals surface area contributed by atoms with Crippen LogP contribution in [0.2, 0.25) is 0 Å². The quantitative estimate of drug-likeness (QED) is 0.475. The molecule has 6 nitrogen and oxygen atoms in total. The Labute approximate surface area is 153 Å². The molecule has 0 aromatic heterocycles. The molecule has 26 heavy (non-hydrogen) atoms. The van der Waals surface area contributed by atoms with E-state index in [0.717, 1.165) is 12.2 Å². The minimum atomic E-state index is -0.522. The number of ether oxygens (including phenoxy) is 5. The molecular formula is C20H24O6. The van der Waals surface area contributed by atoms with Crippen molar-refractivity contribution in [3.63, 3.8) is 0 Å². The number of carbonyl (C=O) groups is 1. The van der Waals surface area contributed by atoms with E-state index in [1.807, 2.05) is 24.3 Å². The Morgan fingerprint density at radius 2 is 1.35 bits per heavy atom. The van der Waals surface area contributed by atoms with Crippen molar-refractivity contribution < 1.29 is 28.5 Å². The van der Waals surface area contributed by atoms with E-state index in [4.69, 9.17) is 23.7 Å². The Morgan fingerprint density at radius 1 is 0.808 bits per heavy atom. The average molecular weight is 360 g/mol. The Bertz CT molecular complexity index is 674. The molecule has 0 radical (unpaired) electrons. The molecule has 0 unspecified atom stereocenters. The number of methoxy groups -OCH3 is 2. The van der Waals surface area contributed by atoms with Crippen molar-refractivity contribution in [2.24, 2.45) is 0 Å². The normalized spacial score (nSPS) is 10.1. The number of rotatable bonds is 10. The van der Waals surface area contributed by atoms with Gasteiger partial charge in [0.1, 0.15) is 41.8 Å². The lowest BCUT2D eigenvalue weighted by Gasteiger charge is -2.13. The fourth-order valence-electron chi connectivity index (χ4n) is 2.27. The Morgan fingerprint density at radius 3 is 1.85 bits per heavy atom.